The maximum absolute atomic E-state index is 13.1. The largest absolute Gasteiger partial charge is 0.367 e. The van der Waals surface area contributed by atoms with E-state index in [0.717, 1.165) is 61.9 Å². The third-order valence-electron chi connectivity index (χ3n) is 6.45. The minimum Gasteiger partial charge on any atom is -0.367 e. The molecule has 5 rings (SSSR count). The number of amides is 1. The molecule has 2 aromatic carbocycles. The Kier molecular flexibility index (Phi) is 6.86. The summed E-state index contributed by atoms with van der Waals surface area (Å²) < 4.78 is 1.80. The summed E-state index contributed by atoms with van der Waals surface area (Å²) in [6.45, 7) is 6.83. The second-order valence-corrected chi connectivity index (χ2v) is 8.82. The maximum Gasteiger partial charge on any atom is 0.276 e. The predicted octanol–water partition coefficient (Wildman–Crippen LogP) is 4.19. The summed E-state index contributed by atoms with van der Waals surface area (Å²) in [7, 11) is 0. The monoisotopic (exact) mass is 466 g/mol. The van der Waals surface area contributed by atoms with Crippen molar-refractivity contribution >= 4 is 17.3 Å². The van der Waals surface area contributed by atoms with Crippen LogP contribution in [0, 0.1) is 6.92 Å². The van der Waals surface area contributed by atoms with Crippen molar-refractivity contribution in [3.8, 4) is 5.69 Å². The molecule has 3 heterocycles. The van der Waals surface area contributed by atoms with Crippen LogP contribution < -0.4 is 10.2 Å². The number of nitrogens with one attached hydrogen (secondary N) is 1. The molecule has 35 heavy (non-hydrogen) atoms. The van der Waals surface area contributed by atoms with Gasteiger partial charge < -0.3 is 10.2 Å². The zero-order chi connectivity index (χ0) is 24.0. The summed E-state index contributed by atoms with van der Waals surface area (Å²) in [6, 6.07) is 23.9. The Morgan fingerprint density at radius 1 is 0.914 bits per heavy atom. The van der Waals surface area contributed by atoms with E-state index in [0.29, 0.717) is 5.69 Å². The molecule has 0 atom stereocenters. The molecular formula is C28H30N6O. The minimum absolute atomic E-state index is 0.203. The van der Waals surface area contributed by atoms with Gasteiger partial charge in [-0.15, -0.1) is 0 Å². The standard InChI is InChI=1S/C28H30N6O/c1-22-21-26(31-34(22)24-7-3-2-4-8-24)28(35)30-25-9-5-6-10-27(25)33-19-17-32(18-20-33)16-13-23-11-14-29-15-12-23/h2-12,14-15,21H,13,16-20H2,1H3,(H,30,35). The molecule has 0 bridgehead atoms. The molecule has 0 radical (unpaired) electrons. The number of rotatable bonds is 7. The van der Waals surface area contributed by atoms with Crippen molar-refractivity contribution in [1.29, 1.82) is 0 Å². The highest BCUT2D eigenvalue weighted by atomic mass is 16.2. The number of carbonyl (C=O) groups excluding carboxylic acids is 1. The topological polar surface area (TPSA) is 66.3 Å². The zero-order valence-corrected chi connectivity index (χ0v) is 20.0. The summed E-state index contributed by atoms with van der Waals surface area (Å²) in [4.78, 5) is 22.0. The van der Waals surface area contributed by atoms with Gasteiger partial charge in [0, 0.05) is 50.8 Å². The SMILES string of the molecule is Cc1cc(C(=O)Nc2ccccc2N2CCN(CCc3ccncc3)CC2)nn1-c1ccccc1. The van der Waals surface area contributed by atoms with Crippen molar-refractivity contribution in [3.63, 3.8) is 0 Å². The summed E-state index contributed by atoms with van der Waals surface area (Å²) in [5.41, 5.74) is 5.44. The Morgan fingerprint density at radius 2 is 1.63 bits per heavy atom. The van der Waals surface area contributed by atoms with Gasteiger partial charge in [-0.05, 0) is 61.4 Å². The van der Waals surface area contributed by atoms with Crippen molar-refractivity contribution in [1.82, 2.24) is 19.7 Å². The Hall–Kier alpha value is -3.97. The van der Waals surface area contributed by atoms with E-state index in [1.54, 1.807) is 4.68 Å². The normalized spacial score (nSPS) is 14.1. The van der Waals surface area contributed by atoms with Crippen LogP contribution in [0.3, 0.4) is 0 Å². The van der Waals surface area contributed by atoms with Crippen LogP contribution >= 0.6 is 0 Å². The van der Waals surface area contributed by atoms with Gasteiger partial charge in [-0.25, -0.2) is 4.68 Å². The average Bonchev–Trinajstić information content (AvgIpc) is 3.31. The van der Waals surface area contributed by atoms with E-state index in [-0.39, 0.29) is 5.91 Å². The summed E-state index contributed by atoms with van der Waals surface area (Å²) in [5, 5.41) is 7.65. The third kappa shape index (κ3) is 5.41. The highest BCUT2D eigenvalue weighted by Crippen LogP contribution is 2.27. The van der Waals surface area contributed by atoms with Gasteiger partial charge in [0.05, 0.1) is 17.1 Å². The van der Waals surface area contributed by atoms with E-state index in [1.807, 2.05) is 73.9 Å². The van der Waals surface area contributed by atoms with Crippen LogP contribution in [-0.2, 0) is 6.42 Å². The summed E-state index contributed by atoms with van der Waals surface area (Å²) >= 11 is 0. The van der Waals surface area contributed by atoms with Crippen LogP contribution in [0.15, 0.2) is 85.2 Å². The highest BCUT2D eigenvalue weighted by molar-refractivity contribution is 6.04. The molecule has 1 saturated heterocycles. The lowest BCUT2D eigenvalue weighted by Crippen LogP contribution is -2.47. The number of aromatic nitrogens is 3. The number of piperazine rings is 1. The number of nitrogens with zero attached hydrogens (tertiary/aromatic N) is 5. The molecule has 7 heteroatoms. The van der Waals surface area contributed by atoms with Gasteiger partial charge >= 0.3 is 0 Å². The molecule has 7 nitrogen and oxygen atoms in total. The van der Waals surface area contributed by atoms with Crippen LogP contribution in [0.4, 0.5) is 11.4 Å². The second-order valence-electron chi connectivity index (χ2n) is 8.82. The van der Waals surface area contributed by atoms with Gasteiger partial charge in [0.15, 0.2) is 5.69 Å². The molecule has 1 aliphatic rings. The first-order valence-electron chi connectivity index (χ1n) is 12.1. The summed E-state index contributed by atoms with van der Waals surface area (Å²) in [6.07, 6.45) is 4.74. The Morgan fingerprint density at radius 3 is 2.40 bits per heavy atom. The van der Waals surface area contributed by atoms with E-state index in [1.165, 1.54) is 5.56 Å². The zero-order valence-electron chi connectivity index (χ0n) is 20.0. The molecule has 0 spiro atoms. The number of pyridine rings is 1. The average molecular weight is 467 g/mol. The number of aryl methyl sites for hydroxylation is 1. The number of hydrogen-bond acceptors (Lipinski definition) is 5. The quantitative estimate of drug-likeness (QED) is 0.442. The highest BCUT2D eigenvalue weighted by Gasteiger charge is 2.21. The van der Waals surface area contributed by atoms with E-state index in [9.17, 15) is 4.79 Å². The Balaban J connectivity index is 1.23. The molecule has 0 aliphatic carbocycles. The van der Waals surface area contributed by atoms with Gasteiger partial charge in [-0.3, -0.25) is 14.7 Å². The van der Waals surface area contributed by atoms with Crippen LogP contribution in [-0.4, -0.2) is 58.3 Å². The predicted molar refractivity (Wildman–Crippen MR) is 139 cm³/mol. The van der Waals surface area contributed by atoms with Crippen molar-refractivity contribution < 1.29 is 4.79 Å². The van der Waals surface area contributed by atoms with Crippen LogP contribution in [0.25, 0.3) is 5.69 Å². The molecule has 178 valence electrons. The Labute approximate surface area is 206 Å². The van der Waals surface area contributed by atoms with E-state index < -0.39 is 0 Å². The smallest absolute Gasteiger partial charge is 0.276 e. The lowest BCUT2D eigenvalue weighted by atomic mass is 10.1. The minimum atomic E-state index is -0.203. The first kappa shape index (κ1) is 22.8. The van der Waals surface area contributed by atoms with Crippen LogP contribution in [0.5, 0.6) is 0 Å². The fourth-order valence-corrected chi connectivity index (χ4v) is 4.51. The first-order chi connectivity index (χ1) is 17.2. The summed E-state index contributed by atoms with van der Waals surface area (Å²) in [5.74, 6) is -0.203. The van der Waals surface area contributed by atoms with Gasteiger partial charge in [0.25, 0.3) is 5.91 Å². The maximum atomic E-state index is 13.1. The number of anilines is 2. The van der Waals surface area contributed by atoms with Gasteiger partial charge in [0.2, 0.25) is 0 Å². The molecule has 1 aliphatic heterocycles. The van der Waals surface area contributed by atoms with Gasteiger partial charge in [-0.2, -0.15) is 5.10 Å². The van der Waals surface area contributed by atoms with Gasteiger partial charge in [0.1, 0.15) is 0 Å². The molecule has 0 saturated carbocycles. The first-order valence-corrected chi connectivity index (χ1v) is 12.1. The molecule has 4 aromatic rings. The molecule has 1 fully saturated rings. The molecular weight excluding hydrogens is 436 g/mol. The van der Waals surface area contributed by atoms with E-state index >= 15 is 0 Å². The van der Waals surface area contributed by atoms with E-state index in [2.05, 4.69) is 43.4 Å². The van der Waals surface area contributed by atoms with Crippen molar-refractivity contribution in [2.75, 3.05) is 42.9 Å². The van der Waals surface area contributed by atoms with Crippen LogP contribution in [0.1, 0.15) is 21.7 Å². The number of hydrogen-bond donors (Lipinski definition) is 1. The molecule has 2 aromatic heterocycles. The van der Waals surface area contributed by atoms with Crippen molar-refractivity contribution in [3.05, 3.63) is 102 Å². The molecule has 1 amide bonds. The van der Waals surface area contributed by atoms with Gasteiger partial charge in [-0.1, -0.05) is 30.3 Å². The van der Waals surface area contributed by atoms with Crippen LogP contribution in [0.2, 0.25) is 0 Å². The Bertz CT molecular complexity index is 1260. The van der Waals surface area contributed by atoms with Crippen molar-refractivity contribution in [2.45, 2.75) is 13.3 Å². The fourth-order valence-electron chi connectivity index (χ4n) is 4.51. The van der Waals surface area contributed by atoms with Crippen molar-refractivity contribution in [2.24, 2.45) is 0 Å². The fraction of sp³-hybridized carbons (Fsp3) is 0.250. The number of benzene rings is 2. The molecule has 1 N–H and O–H groups in total. The third-order valence-corrected chi connectivity index (χ3v) is 6.45. The molecule has 0 unspecified atom stereocenters. The van der Waals surface area contributed by atoms with E-state index in [4.69, 9.17) is 0 Å². The number of para-hydroxylation sites is 3. The lowest BCUT2D eigenvalue weighted by molar-refractivity contribution is 0.102. The number of carbonyl (C=O) groups is 1. The second kappa shape index (κ2) is 10.5. The lowest BCUT2D eigenvalue weighted by Gasteiger charge is -2.37.